The third kappa shape index (κ3) is 3.47. The predicted octanol–water partition coefficient (Wildman–Crippen LogP) is 2.31. The zero-order valence-corrected chi connectivity index (χ0v) is 9.71. The third-order valence-corrected chi connectivity index (χ3v) is 3.01. The second-order valence-electron chi connectivity index (χ2n) is 3.05. The first kappa shape index (κ1) is 11.9. The van der Waals surface area contributed by atoms with Crippen molar-refractivity contribution in [3.8, 4) is 0 Å². The molecule has 15 heavy (non-hydrogen) atoms. The van der Waals surface area contributed by atoms with E-state index >= 15 is 0 Å². The lowest BCUT2D eigenvalue weighted by atomic mass is 10.3. The molecule has 1 aromatic carbocycles. The molecule has 0 bridgehead atoms. The summed E-state index contributed by atoms with van der Waals surface area (Å²) in [5.74, 6) is -0.203. The number of para-hydroxylation sites is 1. The highest BCUT2D eigenvalue weighted by molar-refractivity contribution is 8.00. The number of hydrogen-bond donors (Lipinski definition) is 1. The number of anilines is 1. The summed E-state index contributed by atoms with van der Waals surface area (Å²) in [6, 6.07) is 7.49. The van der Waals surface area contributed by atoms with E-state index in [0.29, 0.717) is 12.3 Å². The lowest BCUT2D eigenvalue weighted by molar-refractivity contribution is -0.142. The topological polar surface area (TPSA) is 52.3 Å². The Hall–Kier alpha value is -1.16. The van der Waals surface area contributed by atoms with Crippen molar-refractivity contribution in [2.75, 3.05) is 12.3 Å². The number of hydrogen-bond acceptors (Lipinski definition) is 4. The molecule has 3 nitrogen and oxygen atoms in total. The molecule has 1 aromatic rings. The summed E-state index contributed by atoms with van der Waals surface area (Å²) >= 11 is 1.42. The van der Waals surface area contributed by atoms with Gasteiger partial charge in [0.25, 0.3) is 0 Å². The molecular formula is C11H15NO2S. The van der Waals surface area contributed by atoms with Crippen LogP contribution >= 0.6 is 11.8 Å². The van der Waals surface area contributed by atoms with Crippen LogP contribution in [0, 0.1) is 0 Å². The molecule has 0 aromatic heterocycles. The van der Waals surface area contributed by atoms with Crippen molar-refractivity contribution in [3.05, 3.63) is 24.3 Å². The van der Waals surface area contributed by atoms with Crippen molar-refractivity contribution in [1.82, 2.24) is 0 Å². The summed E-state index contributed by atoms with van der Waals surface area (Å²) in [7, 11) is 0. The number of rotatable bonds is 4. The van der Waals surface area contributed by atoms with Crippen molar-refractivity contribution in [1.29, 1.82) is 0 Å². The molecular weight excluding hydrogens is 210 g/mol. The van der Waals surface area contributed by atoms with E-state index in [9.17, 15) is 4.79 Å². The van der Waals surface area contributed by atoms with Gasteiger partial charge < -0.3 is 10.5 Å². The Morgan fingerprint density at radius 2 is 2.20 bits per heavy atom. The second-order valence-corrected chi connectivity index (χ2v) is 4.43. The molecule has 0 saturated heterocycles. The highest BCUT2D eigenvalue weighted by Crippen LogP contribution is 2.28. The third-order valence-electron chi connectivity index (χ3n) is 1.84. The molecule has 1 unspecified atom stereocenters. The maximum atomic E-state index is 11.4. The highest BCUT2D eigenvalue weighted by atomic mass is 32.2. The number of esters is 1. The zero-order chi connectivity index (χ0) is 11.3. The number of carbonyl (C=O) groups excluding carboxylic acids is 1. The van der Waals surface area contributed by atoms with Crippen LogP contribution in [0.15, 0.2) is 29.2 Å². The maximum absolute atomic E-state index is 11.4. The van der Waals surface area contributed by atoms with E-state index in [1.165, 1.54) is 11.8 Å². The minimum absolute atomic E-state index is 0.203. The van der Waals surface area contributed by atoms with E-state index in [2.05, 4.69) is 0 Å². The fraction of sp³-hybridized carbons (Fsp3) is 0.364. The predicted molar refractivity (Wildman–Crippen MR) is 62.8 cm³/mol. The Morgan fingerprint density at radius 1 is 1.53 bits per heavy atom. The van der Waals surface area contributed by atoms with E-state index in [1.807, 2.05) is 31.2 Å². The Balaban J connectivity index is 2.62. The molecule has 0 amide bonds. The summed E-state index contributed by atoms with van der Waals surface area (Å²) in [6.45, 7) is 4.02. The Bertz CT molecular complexity index is 341. The lowest BCUT2D eigenvalue weighted by Gasteiger charge is -2.11. The van der Waals surface area contributed by atoms with E-state index < -0.39 is 0 Å². The number of nitrogen functional groups attached to an aromatic ring is 1. The summed E-state index contributed by atoms with van der Waals surface area (Å²) in [5, 5.41) is -0.227. The van der Waals surface area contributed by atoms with Crippen LogP contribution in [-0.4, -0.2) is 17.8 Å². The maximum Gasteiger partial charge on any atom is 0.319 e. The molecule has 0 radical (unpaired) electrons. The lowest BCUT2D eigenvalue weighted by Crippen LogP contribution is -2.16. The normalized spacial score (nSPS) is 12.1. The fourth-order valence-electron chi connectivity index (χ4n) is 1.09. The van der Waals surface area contributed by atoms with Gasteiger partial charge in [-0.1, -0.05) is 12.1 Å². The van der Waals surface area contributed by atoms with E-state index in [0.717, 1.165) is 4.90 Å². The summed E-state index contributed by atoms with van der Waals surface area (Å²) in [4.78, 5) is 12.3. The molecule has 0 spiro atoms. The summed E-state index contributed by atoms with van der Waals surface area (Å²) < 4.78 is 4.92. The van der Waals surface area contributed by atoms with E-state index in [-0.39, 0.29) is 11.2 Å². The first-order valence-electron chi connectivity index (χ1n) is 4.83. The average molecular weight is 225 g/mol. The van der Waals surface area contributed by atoms with Crippen LogP contribution in [-0.2, 0) is 9.53 Å². The summed E-state index contributed by atoms with van der Waals surface area (Å²) in [6.07, 6.45) is 0. The van der Waals surface area contributed by atoms with Gasteiger partial charge in [-0.25, -0.2) is 0 Å². The number of carbonyl (C=O) groups is 1. The average Bonchev–Trinajstić information content (AvgIpc) is 2.21. The molecule has 0 aliphatic heterocycles. The zero-order valence-electron chi connectivity index (χ0n) is 8.90. The van der Waals surface area contributed by atoms with Crippen LogP contribution in [0.3, 0.4) is 0 Å². The van der Waals surface area contributed by atoms with Crippen molar-refractivity contribution in [3.63, 3.8) is 0 Å². The van der Waals surface area contributed by atoms with E-state index in [4.69, 9.17) is 10.5 Å². The van der Waals surface area contributed by atoms with Gasteiger partial charge in [-0.15, -0.1) is 11.8 Å². The standard InChI is InChI=1S/C11H15NO2S/c1-3-14-11(13)8(2)15-10-7-5-4-6-9(10)12/h4-8H,3,12H2,1-2H3. The first-order valence-corrected chi connectivity index (χ1v) is 5.71. The molecule has 1 rings (SSSR count). The molecule has 4 heteroatoms. The Labute approximate surface area is 94.0 Å². The number of benzene rings is 1. The van der Waals surface area contributed by atoms with Gasteiger partial charge in [0.2, 0.25) is 0 Å². The second kappa shape index (κ2) is 5.66. The van der Waals surface area contributed by atoms with Crippen molar-refractivity contribution < 1.29 is 9.53 Å². The molecule has 0 saturated carbocycles. The van der Waals surface area contributed by atoms with Crippen LogP contribution < -0.4 is 5.73 Å². The molecule has 82 valence electrons. The number of nitrogens with two attached hydrogens (primary N) is 1. The van der Waals surface area contributed by atoms with Gasteiger partial charge in [0.15, 0.2) is 0 Å². The Kier molecular flexibility index (Phi) is 4.49. The Morgan fingerprint density at radius 3 is 2.80 bits per heavy atom. The summed E-state index contributed by atoms with van der Waals surface area (Å²) in [5.41, 5.74) is 6.46. The molecule has 0 aliphatic carbocycles. The van der Waals surface area contributed by atoms with Crippen molar-refractivity contribution in [2.24, 2.45) is 0 Å². The number of thioether (sulfide) groups is 1. The van der Waals surface area contributed by atoms with Gasteiger partial charge in [-0.05, 0) is 26.0 Å². The first-order chi connectivity index (χ1) is 7.15. The molecule has 2 N–H and O–H groups in total. The van der Waals surface area contributed by atoms with Crippen LogP contribution in [0.5, 0.6) is 0 Å². The van der Waals surface area contributed by atoms with Crippen LogP contribution in [0.1, 0.15) is 13.8 Å². The van der Waals surface area contributed by atoms with Crippen LogP contribution in [0.2, 0.25) is 0 Å². The monoisotopic (exact) mass is 225 g/mol. The quantitative estimate of drug-likeness (QED) is 0.485. The minimum Gasteiger partial charge on any atom is -0.465 e. The van der Waals surface area contributed by atoms with Crippen molar-refractivity contribution >= 4 is 23.4 Å². The van der Waals surface area contributed by atoms with Crippen molar-refractivity contribution in [2.45, 2.75) is 24.0 Å². The fourth-order valence-corrected chi connectivity index (χ4v) is 1.99. The van der Waals surface area contributed by atoms with Gasteiger partial charge in [-0.3, -0.25) is 4.79 Å². The van der Waals surface area contributed by atoms with E-state index in [1.54, 1.807) is 6.92 Å². The van der Waals surface area contributed by atoms with Gasteiger partial charge in [-0.2, -0.15) is 0 Å². The molecule has 0 fully saturated rings. The molecule has 0 aliphatic rings. The number of ether oxygens (including phenoxy) is 1. The van der Waals surface area contributed by atoms with Gasteiger partial charge >= 0.3 is 5.97 Å². The largest absolute Gasteiger partial charge is 0.465 e. The minimum atomic E-state index is -0.227. The smallest absolute Gasteiger partial charge is 0.319 e. The van der Waals surface area contributed by atoms with Gasteiger partial charge in [0.05, 0.1) is 6.61 Å². The van der Waals surface area contributed by atoms with Gasteiger partial charge in [0, 0.05) is 10.6 Å². The van der Waals surface area contributed by atoms with Crippen LogP contribution in [0.25, 0.3) is 0 Å². The van der Waals surface area contributed by atoms with Gasteiger partial charge in [0.1, 0.15) is 5.25 Å². The highest BCUT2D eigenvalue weighted by Gasteiger charge is 2.16. The SMILES string of the molecule is CCOC(=O)C(C)Sc1ccccc1N. The molecule has 0 heterocycles. The molecule has 1 atom stereocenters. The van der Waals surface area contributed by atoms with Crippen LogP contribution in [0.4, 0.5) is 5.69 Å².